The Bertz CT molecular complexity index is 1360. The predicted molar refractivity (Wildman–Crippen MR) is 161 cm³/mol. The third kappa shape index (κ3) is 7.70. The van der Waals surface area contributed by atoms with Gasteiger partial charge in [0, 0.05) is 48.1 Å². The Morgan fingerprint density at radius 3 is 2.52 bits per heavy atom. The lowest BCUT2D eigenvalue weighted by molar-refractivity contribution is -0.109. The van der Waals surface area contributed by atoms with E-state index in [-0.39, 0.29) is 23.0 Å². The molecule has 1 saturated heterocycles. The molecule has 210 valence electrons. The molecule has 1 unspecified atom stereocenters. The Kier molecular flexibility index (Phi) is 9.17. The monoisotopic (exact) mass is 558 g/mol. The van der Waals surface area contributed by atoms with Gasteiger partial charge in [-0.1, -0.05) is 18.2 Å². The molecular weight excluding hydrogens is 520 g/mol. The van der Waals surface area contributed by atoms with E-state index in [0.29, 0.717) is 29.4 Å². The van der Waals surface area contributed by atoms with Gasteiger partial charge in [0.2, 0.25) is 0 Å². The standard InChI is InChI=1S/C32H38N4O3S/c1-21-17-26(28-5-3-4-6-29(28)34-21)20-39-27-11-9-25(10-12-27)32(38)35-30(18-31(33)40-22(2)37)24-13-15-36(16-14-24)19-23-7-8-23/h3-6,9-12,17,23-24,30,33H,7-8,13-16,18-20H2,1-2H3,(H,35,38). The molecule has 1 saturated carbocycles. The van der Waals surface area contributed by atoms with Crippen molar-refractivity contribution in [2.45, 2.75) is 58.6 Å². The molecular formula is C32H38N4O3S. The van der Waals surface area contributed by atoms with Gasteiger partial charge in [0.05, 0.1) is 10.6 Å². The van der Waals surface area contributed by atoms with E-state index in [1.807, 2.05) is 43.3 Å². The van der Waals surface area contributed by atoms with E-state index in [9.17, 15) is 9.59 Å². The number of rotatable bonds is 10. The molecule has 1 aliphatic heterocycles. The fourth-order valence-corrected chi connectivity index (χ4v) is 6.19. The van der Waals surface area contributed by atoms with Crippen molar-refractivity contribution in [1.29, 1.82) is 5.41 Å². The van der Waals surface area contributed by atoms with E-state index in [2.05, 4.69) is 21.3 Å². The van der Waals surface area contributed by atoms with Gasteiger partial charge < -0.3 is 15.0 Å². The molecule has 1 aliphatic carbocycles. The van der Waals surface area contributed by atoms with Gasteiger partial charge in [-0.15, -0.1) is 0 Å². The van der Waals surface area contributed by atoms with Crippen LogP contribution in [0.5, 0.6) is 5.75 Å². The first-order valence-electron chi connectivity index (χ1n) is 14.2. The van der Waals surface area contributed by atoms with Crippen LogP contribution in [-0.4, -0.2) is 51.6 Å². The van der Waals surface area contributed by atoms with Crippen LogP contribution in [-0.2, 0) is 11.4 Å². The second-order valence-corrected chi connectivity index (χ2v) is 12.4. The number of carbonyl (C=O) groups excluding carboxylic acids is 2. The number of hydrogen-bond donors (Lipinski definition) is 2. The SMILES string of the molecule is CC(=O)SC(=N)CC(NC(=O)c1ccc(OCc2cc(C)nc3ccccc23)cc1)C1CCN(CC2CC2)CC1. The van der Waals surface area contributed by atoms with Gasteiger partial charge >= 0.3 is 0 Å². The summed E-state index contributed by atoms with van der Waals surface area (Å²) in [6, 6.07) is 17.1. The molecule has 5 rings (SSSR count). The Balaban J connectivity index is 1.20. The molecule has 1 aromatic heterocycles. The van der Waals surface area contributed by atoms with Crippen LogP contribution < -0.4 is 10.1 Å². The van der Waals surface area contributed by atoms with Crippen molar-refractivity contribution < 1.29 is 14.3 Å². The number of hydrogen-bond acceptors (Lipinski definition) is 7. The quantitative estimate of drug-likeness (QED) is 0.234. The molecule has 0 bridgehead atoms. The van der Waals surface area contributed by atoms with Crippen LogP contribution in [0.2, 0.25) is 0 Å². The number of piperidine rings is 1. The second kappa shape index (κ2) is 13.0. The average Bonchev–Trinajstić information content (AvgIpc) is 3.75. The number of amides is 1. The van der Waals surface area contributed by atoms with Gasteiger partial charge in [0.1, 0.15) is 12.4 Å². The van der Waals surface area contributed by atoms with Crippen molar-refractivity contribution in [3.8, 4) is 5.75 Å². The summed E-state index contributed by atoms with van der Waals surface area (Å²) in [5.41, 5.74) is 3.52. The zero-order valence-electron chi connectivity index (χ0n) is 23.3. The molecule has 40 heavy (non-hydrogen) atoms. The average molecular weight is 559 g/mol. The zero-order chi connectivity index (χ0) is 28.1. The number of pyridine rings is 1. The van der Waals surface area contributed by atoms with Crippen LogP contribution in [0.25, 0.3) is 10.9 Å². The van der Waals surface area contributed by atoms with Crippen LogP contribution in [0, 0.1) is 24.2 Å². The van der Waals surface area contributed by atoms with Crippen molar-refractivity contribution in [1.82, 2.24) is 15.2 Å². The van der Waals surface area contributed by atoms with Gasteiger partial charge in [-0.05, 0) is 106 Å². The maximum atomic E-state index is 13.3. The van der Waals surface area contributed by atoms with Gasteiger partial charge in [0.15, 0.2) is 5.12 Å². The maximum Gasteiger partial charge on any atom is 0.251 e. The third-order valence-electron chi connectivity index (χ3n) is 7.84. The van der Waals surface area contributed by atoms with Gasteiger partial charge in [-0.25, -0.2) is 0 Å². The molecule has 0 radical (unpaired) electrons. The summed E-state index contributed by atoms with van der Waals surface area (Å²) in [4.78, 5) is 32.0. The maximum absolute atomic E-state index is 13.3. The fourth-order valence-electron chi connectivity index (χ4n) is 5.58. The Morgan fingerprint density at radius 2 is 1.82 bits per heavy atom. The number of nitrogens with one attached hydrogen (secondary N) is 2. The molecule has 2 heterocycles. The van der Waals surface area contributed by atoms with Crippen molar-refractivity contribution in [2.75, 3.05) is 19.6 Å². The van der Waals surface area contributed by atoms with Crippen LogP contribution in [0.4, 0.5) is 0 Å². The van der Waals surface area contributed by atoms with Crippen molar-refractivity contribution in [3.05, 3.63) is 71.4 Å². The summed E-state index contributed by atoms with van der Waals surface area (Å²) >= 11 is 0.956. The van der Waals surface area contributed by atoms with Crippen LogP contribution >= 0.6 is 11.8 Å². The molecule has 2 aromatic carbocycles. The predicted octanol–water partition coefficient (Wildman–Crippen LogP) is 5.99. The molecule has 2 aliphatic rings. The summed E-state index contributed by atoms with van der Waals surface area (Å²) in [6.45, 7) is 7.11. The van der Waals surface area contributed by atoms with Crippen molar-refractivity contribution in [3.63, 3.8) is 0 Å². The van der Waals surface area contributed by atoms with Crippen molar-refractivity contribution in [2.24, 2.45) is 11.8 Å². The highest BCUT2D eigenvalue weighted by atomic mass is 32.2. The number of para-hydroxylation sites is 1. The lowest BCUT2D eigenvalue weighted by atomic mass is 9.87. The number of benzene rings is 2. The Labute approximate surface area is 240 Å². The normalized spacial score (nSPS) is 16.9. The number of carbonyl (C=O) groups is 2. The Hall–Kier alpha value is -3.23. The van der Waals surface area contributed by atoms with Crippen LogP contribution in [0.1, 0.15) is 60.6 Å². The van der Waals surface area contributed by atoms with E-state index >= 15 is 0 Å². The van der Waals surface area contributed by atoms with E-state index in [0.717, 1.165) is 65.8 Å². The highest BCUT2D eigenvalue weighted by molar-refractivity contribution is 8.26. The number of nitrogens with zero attached hydrogens (tertiary/aromatic N) is 2. The second-order valence-electron chi connectivity index (χ2n) is 11.1. The molecule has 7 nitrogen and oxygen atoms in total. The van der Waals surface area contributed by atoms with Gasteiger partial charge in [0.25, 0.3) is 5.91 Å². The molecule has 1 amide bonds. The number of thioether (sulfide) groups is 1. The number of aromatic nitrogens is 1. The molecule has 8 heteroatoms. The highest BCUT2D eigenvalue weighted by Crippen LogP contribution is 2.32. The summed E-state index contributed by atoms with van der Waals surface area (Å²) in [5.74, 6) is 1.68. The number of likely N-dealkylation sites (tertiary alicyclic amines) is 1. The summed E-state index contributed by atoms with van der Waals surface area (Å²) < 4.78 is 6.07. The van der Waals surface area contributed by atoms with Gasteiger partial charge in [-0.2, -0.15) is 0 Å². The van der Waals surface area contributed by atoms with Crippen molar-refractivity contribution >= 4 is 38.7 Å². The Morgan fingerprint density at radius 1 is 1.10 bits per heavy atom. The largest absolute Gasteiger partial charge is 0.489 e. The lowest BCUT2D eigenvalue weighted by Gasteiger charge is -2.36. The smallest absolute Gasteiger partial charge is 0.251 e. The first kappa shape index (κ1) is 28.3. The minimum atomic E-state index is -0.172. The van der Waals surface area contributed by atoms with E-state index < -0.39 is 0 Å². The highest BCUT2D eigenvalue weighted by Gasteiger charge is 2.31. The zero-order valence-corrected chi connectivity index (χ0v) is 24.1. The van der Waals surface area contributed by atoms with E-state index in [1.54, 1.807) is 12.1 Å². The summed E-state index contributed by atoms with van der Waals surface area (Å²) in [6.07, 6.45) is 5.06. The molecule has 0 spiro atoms. The third-order valence-corrected chi connectivity index (χ3v) is 8.54. The number of aryl methyl sites for hydroxylation is 1. The summed E-state index contributed by atoms with van der Waals surface area (Å²) in [5, 5.41) is 12.8. The fraction of sp³-hybridized carbons (Fsp3) is 0.438. The molecule has 1 atom stereocenters. The molecule has 2 N–H and O–H groups in total. The number of ether oxygens (including phenoxy) is 1. The first-order valence-corrected chi connectivity index (χ1v) is 15.0. The van der Waals surface area contributed by atoms with Gasteiger partial charge in [-0.3, -0.25) is 20.0 Å². The lowest BCUT2D eigenvalue weighted by Crippen LogP contribution is -2.46. The van der Waals surface area contributed by atoms with Crippen LogP contribution in [0.15, 0.2) is 54.6 Å². The van der Waals surface area contributed by atoms with E-state index in [1.165, 1.54) is 26.3 Å². The first-order chi connectivity index (χ1) is 19.3. The summed E-state index contributed by atoms with van der Waals surface area (Å²) in [7, 11) is 0. The minimum absolute atomic E-state index is 0.0974. The van der Waals surface area contributed by atoms with E-state index in [4.69, 9.17) is 10.1 Å². The number of fused-ring (bicyclic) bond motifs is 1. The topological polar surface area (TPSA) is 95.4 Å². The molecule has 3 aromatic rings. The van der Waals surface area contributed by atoms with Crippen LogP contribution in [0.3, 0.4) is 0 Å². The minimum Gasteiger partial charge on any atom is -0.489 e. The molecule has 2 fully saturated rings.